The van der Waals surface area contributed by atoms with Crippen molar-refractivity contribution in [3.63, 3.8) is 0 Å². The molecular formula is C14H16FN3O. The van der Waals surface area contributed by atoms with Crippen LogP contribution in [0.15, 0.2) is 41.5 Å². The highest BCUT2D eigenvalue weighted by molar-refractivity contribution is 5.36. The second-order valence-corrected chi connectivity index (χ2v) is 4.29. The van der Waals surface area contributed by atoms with Crippen molar-refractivity contribution in [3.8, 4) is 0 Å². The van der Waals surface area contributed by atoms with Crippen LogP contribution in [0.5, 0.6) is 0 Å². The number of benzene rings is 1. The summed E-state index contributed by atoms with van der Waals surface area (Å²) >= 11 is 0. The van der Waals surface area contributed by atoms with Crippen LogP contribution in [0.4, 0.5) is 10.2 Å². The van der Waals surface area contributed by atoms with E-state index >= 15 is 0 Å². The smallest absolute Gasteiger partial charge is 0.293 e. The largest absolute Gasteiger partial charge is 0.351 e. The fraction of sp³-hybridized carbons (Fsp3) is 0.286. The number of anilines is 1. The van der Waals surface area contributed by atoms with Crippen LogP contribution < -0.4 is 10.5 Å². The maximum atomic E-state index is 13.6. The lowest BCUT2D eigenvalue weighted by molar-refractivity contribution is 0.606. The van der Waals surface area contributed by atoms with Crippen molar-refractivity contribution in [1.82, 2.24) is 9.55 Å². The van der Waals surface area contributed by atoms with E-state index in [1.807, 2.05) is 6.92 Å². The molecule has 0 aliphatic carbocycles. The Kier molecular flexibility index (Phi) is 3.94. The van der Waals surface area contributed by atoms with Crippen LogP contribution in [-0.4, -0.2) is 16.6 Å². The van der Waals surface area contributed by atoms with Gasteiger partial charge in [-0.15, -0.1) is 0 Å². The van der Waals surface area contributed by atoms with Crippen molar-refractivity contribution in [3.05, 3.63) is 58.4 Å². The fourth-order valence-corrected chi connectivity index (χ4v) is 1.90. The topological polar surface area (TPSA) is 38.1 Å². The molecule has 0 aliphatic heterocycles. The summed E-state index contributed by atoms with van der Waals surface area (Å²) in [4.78, 5) is 17.8. The Morgan fingerprint density at radius 1 is 1.37 bits per heavy atom. The first-order valence-corrected chi connectivity index (χ1v) is 6.13. The molecule has 4 nitrogen and oxygen atoms in total. The van der Waals surface area contributed by atoms with Crippen LogP contribution >= 0.6 is 0 Å². The molecule has 2 rings (SSSR count). The molecule has 0 bridgehead atoms. The summed E-state index contributed by atoms with van der Waals surface area (Å²) in [6, 6.07) is 6.53. The molecule has 0 aliphatic rings. The van der Waals surface area contributed by atoms with Gasteiger partial charge < -0.3 is 9.47 Å². The number of halogens is 1. The van der Waals surface area contributed by atoms with E-state index in [-0.39, 0.29) is 11.4 Å². The molecule has 0 unspecified atom stereocenters. The minimum atomic E-state index is -0.277. The van der Waals surface area contributed by atoms with Crippen LogP contribution in [0, 0.1) is 5.82 Å². The van der Waals surface area contributed by atoms with E-state index in [1.165, 1.54) is 6.07 Å². The third-order valence-electron chi connectivity index (χ3n) is 2.96. The van der Waals surface area contributed by atoms with Gasteiger partial charge in [-0.2, -0.15) is 0 Å². The van der Waals surface area contributed by atoms with Crippen molar-refractivity contribution in [2.45, 2.75) is 20.0 Å². The van der Waals surface area contributed by atoms with Crippen LogP contribution in [-0.2, 0) is 13.1 Å². The highest BCUT2D eigenvalue weighted by Gasteiger charge is 2.11. The summed E-state index contributed by atoms with van der Waals surface area (Å²) in [5.74, 6) is 0.0497. The molecule has 100 valence electrons. The molecule has 0 saturated carbocycles. The van der Waals surface area contributed by atoms with Gasteiger partial charge in [0.1, 0.15) is 5.82 Å². The lowest BCUT2D eigenvalue weighted by atomic mass is 10.2. The Morgan fingerprint density at radius 2 is 2.11 bits per heavy atom. The average Bonchev–Trinajstić information content (AvgIpc) is 2.41. The molecule has 0 radical (unpaired) electrons. The summed E-state index contributed by atoms with van der Waals surface area (Å²) in [7, 11) is 1.73. The Bertz CT molecular complexity index is 624. The minimum absolute atomic E-state index is 0.163. The summed E-state index contributed by atoms with van der Waals surface area (Å²) < 4.78 is 15.2. The molecule has 1 aromatic heterocycles. The molecule has 5 heteroatoms. The summed E-state index contributed by atoms with van der Waals surface area (Å²) in [6.45, 7) is 2.78. The van der Waals surface area contributed by atoms with Gasteiger partial charge in [-0.05, 0) is 13.0 Å². The highest BCUT2D eigenvalue weighted by Crippen LogP contribution is 2.11. The second kappa shape index (κ2) is 5.65. The predicted molar refractivity (Wildman–Crippen MR) is 72.7 cm³/mol. The van der Waals surface area contributed by atoms with Gasteiger partial charge in [-0.1, -0.05) is 18.2 Å². The monoisotopic (exact) mass is 261 g/mol. The normalized spacial score (nSPS) is 10.5. The number of aromatic nitrogens is 2. The fourth-order valence-electron chi connectivity index (χ4n) is 1.90. The first-order chi connectivity index (χ1) is 9.13. The van der Waals surface area contributed by atoms with Gasteiger partial charge in [-0.3, -0.25) is 4.79 Å². The van der Waals surface area contributed by atoms with E-state index < -0.39 is 0 Å². The molecule has 1 heterocycles. The lowest BCUT2D eigenvalue weighted by Crippen LogP contribution is -2.30. The molecule has 0 amide bonds. The highest BCUT2D eigenvalue weighted by atomic mass is 19.1. The van der Waals surface area contributed by atoms with Crippen molar-refractivity contribution in [2.24, 2.45) is 0 Å². The second-order valence-electron chi connectivity index (χ2n) is 4.29. The number of hydrogen-bond acceptors (Lipinski definition) is 3. The zero-order valence-electron chi connectivity index (χ0n) is 11.0. The number of rotatable bonds is 4. The van der Waals surface area contributed by atoms with Crippen LogP contribution in [0.2, 0.25) is 0 Å². The maximum Gasteiger partial charge on any atom is 0.293 e. The van der Waals surface area contributed by atoms with Crippen molar-refractivity contribution in [1.29, 1.82) is 0 Å². The van der Waals surface area contributed by atoms with E-state index in [4.69, 9.17) is 0 Å². The van der Waals surface area contributed by atoms with Crippen LogP contribution in [0.3, 0.4) is 0 Å². The van der Waals surface area contributed by atoms with Gasteiger partial charge in [0.2, 0.25) is 0 Å². The molecular weight excluding hydrogens is 245 g/mol. The third kappa shape index (κ3) is 2.81. The predicted octanol–water partition coefficient (Wildman–Crippen LogP) is 2.04. The van der Waals surface area contributed by atoms with Crippen LogP contribution in [0.25, 0.3) is 0 Å². The Morgan fingerprint density at radius 3 is 2.79 bits per heavy atom. The molecule has 0 spiro atoms. The quantitative estimate of drug-likeness (QED) is 0.845. The SMILES string of the molecule is CCn1ccnc(N(C)Cc2ccccc2F)c1=O. The van der Waals surface area contributed by atoms with Gasteiger partial charge in [-0.25, -0.2) is 9.37 Å². The van der Waals surface area contributed by atoms with E-state index in [1.54, 1.807) is 47.1 Å². The van der Waals surface area contributed by atoms with Gasteiger partial charge in [0.25, 0.3) is 5.56 Å². The molecule has 0 fully saturated rings. The van der Waals surface area contributed by atoms with Gasteiger partial charge in [0.15, 0.2) is 5.82 Å². The van der Waals surface area contributed by atoms with Gasteiger partial charge in [0.05, 0.1) is 0 Å². The van der Waals surface area contributed by atoms with E-state index in [0.717, 1.165) is 0 Å². The Labute approximate surface area is 111 Å². The first kappa shape index (κ1) is 13.3. The third-order valence-corrected chi connectivity index (χ3v) is 2.96. The summed E-state index contributed by atoms with van der Waals surface area (Å²) in [5, 5.41) is 0. The summed E-state index contributed by atoms with van der Waals surface area (Å²) in [5.41, 5.74) is 0.377. The molecule has 2 aromatic rings. The van der Waals surface area contributed by atoms with E-state index in [2.05, 4.69) is 4.98 Å². The van der Waals surface area contributed by atoms with E-state index in [9.17, 15) is 9.18 Å². The molecule has 0 N–H and O–H groups in total. The van der Waals surface area contributed by atoms with Crippen LogP contribution in [0.1, 0.15) is 12.5 Å². The van der Waals surface area contributed by atoms with Crippen molar-refractivity contribution < 1.29 is 4.39 Å². The standard InChI is InChI=1S/C14H16FN3O/c1-3-18-9-8-16-13(14(18)19)17(2)10-11-6-4-5-7-12(11)15/h4-9H,3,10H2,1-2H3. The molecule has 19 heavy (non-hydrogen) atoms. The number of aryl methyl sites for hydroxylation is 1. The van der Waals surface area contributed by atoms with Gasteiger partial charge >= 0.3 is 0 Å². The van der Waals surface area contributed by atoms with E-state index in [0.29, 0.717) is 24.5 Å². The zero-order valence-corrected chi connectivity index (χ0v) is 11.0. The Hall–Kier alpha value is -2.17. The van der Waals surface area contributed by atoms with Gasteiger partial charge in [0, 0.05) is 38.1 Å². The molecule has 1 aromatic carbocycles. The Balaban J connectivity index is 2.28. The number of nitrogens with zero attached hydrogens (tertiary/aromatic N) is 3. The molecule has 0 atom stereocenters. The minimum Gasteiger partial charge on any atom is -0.351 e. The first-order valence-electron chi connectivity index (χ1n) is 6.13. The molecule has 0 saturated heterocycles. The zero-order chi connectivity index (χ0) is 13.8. The lowest BCUT2D eigenvalue weighted by Gasteiger charge is -2.18. The maximum absolute atomic E-state index is 13.6. The van der Waals surface area contributed by atoms with Crippen molar-refractivity contribution >= 4 is 5.82 Å². The average molecular weight is 261 g/mol. The summed E-state index contributed by atoms with van der Waals surface area (Å²) in [6.07, 6.45) is 3.22. The van der Waals surface area contributed by atoms with Crippen molar-refractivity contribution in [2.75, 3.05) is 11.9 Å². The number of hydrogen-bond donors (Lipinski definition) is 0.